The molecule has 8 heteroatoms. The van der Waals surface area contributed by atoms with E-state index < -0.39 is 0 Å². The smallest absolute Gasteiger partial charge is 0.234 e. The van der Waals surface area contributed by atoms with Crippen LogP contribution in [0.5, 0.6) is 0 Å². The fourth-order valence-corrected chi connectivity index (χ4v) is 4.28. The van der Waals surface area contributed by atoms with Gasteiger partial charge in [-0.05, 0) is 31.9 Å². The van der Waals surface area contributed by atoms with Crippen LogP contribution in [0.25, 0.3) is 22.6 Å². The Morgan fingerprint density at radius 3 is 2.38 bits per heavy atom. The number of aryl methyl sites for hydroxylation is 4. The number of amides is 1. The molecule has 164 valence electrons. The van der Waals surface area contributed by atoms with Crippen LogP contribution in [0.1, 0.15) is 16.7 Å². The molecule has 1 N–H and O–H groups in total. The van der Waals surface area contributed by atoms with Gasteiger partial charge in [0.1, 0.15) is 5.69 Å². The van der Waals surface area contributed by atoms with Crippen molar-refractivity contribution in [1.29, 1.82) is 0 Å². The number of para-hydroxylation sites is 1. The second-order valence-corrected chi connectivity index (χ2v) is 8.84. The van der Waals surface area contributed by atoms with Crippen LogP contribution in [0.4, 0.5) is 5.69 Å². The zero-order chi connectivity index (χ0) is 22.8. The highest BCUT2D eigenvalue weighted by Gasteiger charge is 2.19. The highest BCUT2D eigenvalue weighted by Crippen LogP contribution is 2.31. The van der Waals surface area contributed by atoms with Crippen molar-refractivity contribution < 1.29 is 4.79 Å². The van der Waals surface area contributed by atoms with E-state index in [0.29, 0.717) is 11.0 Å². The van der Waals surface area contributed by atoms with Crippen molar-refractivity contribution in [2.24, 2.45) is 14.1 Å². The van der Waals surface area contributed by atoms with E-state index in [1.54, 1.807) is 4.68 Å². The molecule has 32 heavy (non-hydrogen) atoms. The predicted octanol–water partition coefficient (Wildman–Crippen LogP) is 4.54. The Hall–Kier alpha value is -3.39. The minimum atomic E-state index is -0.0707. The number of anilines is 1. The van der Waals surface area contributed by atoms with Gasteiger partial charge < -0.3 is 9.88 Å². The maximum absolute atomic E-state index is 12.5. The van der Waals surface area contributed by atoms with Gasteiger partial charge in [0, 0.05) is 31.5 Å². The summed E-state index contributed by atoms with van der Waals surface area (Å²) in [6, 6.07) is 14.2. The molecular weight excluding hydrogens is 420 g/mol. The quantitative estimate of drug-likeness (QED) is 0.440. The Balaban J connectivity index is 1.52. The van der Waals surface area contributed by atoms with Gasteiger partial charge in [-0.25, -0.2) is 0 Å². The third kappa shape index (κ3) is 4.45. The molecule has 0 aliphatic rings. The molecule has 0 aliphatic carbocycles. The summed E-state index contributed by atoms with van der Waals surface area (Å²) in [4.78, 5) is 12.5. The highest BCUT2D eigenvalue weighted by molar-refractivity contribution is 7.99. The number of rotatable bonds is 6. The molecular formula is C24H26N6OS. The summed E-state index contributed by atoms with van der Waals surface area (Å²) < 4.78 is 3.69. The number of aromatic nitrogens is 5. The van der Waals surface area contributed by atoms with Gasteiger partial charge in [-0.1, -0.05) is 59.8 Å². The lowest BCUT2D eigenvalue weighted by Crippen LogP contribution is -2.16. The number of carbonyl (C=O) groups is 1. The van der Waals surface area contributed by atoms with Crippen molar-refractivity contribution in [2.75, 3.05) is 11.1 Å². The van der Waals surface area contributed by atoms with Crippen molar-refractivity contribution >= 4 is 23.4 Å². The molecule has 4 rings (SSSR count). The van der Waals surface area contributed by atoms with Crippen LogP contribution in [-0.2, 0) is 18.9 Å². The number of hydrogen-bond donors (Lipinski definition) is 1. The van der Waals surface area contributed by atoms with Crippen molar-refractivity contribution in [3.05, 3.63) is 65.4 Å². The lowest BCUT2D eigenvalue weighted by molar-refractivity contribution is -0.113. The van der Waals surface area contributed by atoms with Gasteiger partial charge in [0.25, 0.3) is 0 Å². The zero-order valence-corrected chi connectivity index (χ0v) is 19.7. The monoisotopic (exact) mass is 446 g/mol. The Labute approximate surface area is 191 Å². The van der Waals surface area contributed by atoms with Crippen LogP contribution in [0.3, 0.4) is 0 Å². The normalized spacial score (nSPS) is 11.0. The van der Waals surface area contributed by atoms with Gasteiger partial charge in [-0.15, -0.1) is 10.2 Å². The molecule has 7 nitrogen and oxygen atoms in total. The molecule has 0 aliphatic heterocycles. The van der Waals surface area contributed by atoms with Crippen LogP contribution in [0.15, 0.2) is 53.8 Å². The summed E-state index contributed by atoms with van der Waals surface area (Å²) in [5, 5.41) is 17.1. The number of nitrogens with one attached hydrogen (secondary N) is 1. The molecule has 2 aromatic heterocycles. The lowest BCUT2D eigenvalue weighted by atomic mass is 10.1. The number of thioether (sulfide) groups is 1. The fourth-order valence-electron chi connectivity index (χ4n) is 3.57. The third-order valence-electron chi connectivity index (χ3n) is 5.31. The van der Waals surface area contributed by atoms with Crippen LogP contribution < -0.4 is 5.32 Å². The summed E-state index contributed by atoms with van der Waals surface area (Å²) in [6.45, 7) is 6.04. The summed E-state index contributed by atoms with van der Waals surface area (Å²) in [5.41, 5.74) is 6.94. The molecule has 0 unspecified atom stereocenters. The largest absolute Gasteiger partial charge is 0.325 e. The second-order valence-electron chi connectivity index (χ2n) is 7.90. The van der Waals surface area contributed by atoms with E-state index in [9.17, 15) is 4.79 Å². The summed E-state index contributed by atoms with van der Waals surface area (Å²) >= 11 is 1.36. The minimum Gasteiger partial charge on any atom is -0.325 e. The van der Waals surface area contributed by atoms with Gasteiger partial charge in [0.15, 0.2) is 11.0 Å². The first-order valence-corrected chi connectivity index (χ1v) is 11.3. The molecule has 0 bridgehead atoms. The summed E-state index contributed by atoms with van der Waals surface area (Å²) in [7, 11) is 3.80. The topological polar surface area (TPSA) is 77.6 Å². The van der Waals surface area contributed by atoms with Crippen LogP contribution in [-0.4, -0.2) is 36.2 Å². The zero-order valence-electron chi connectivity index (χ0n) is 18.9. The molecule has 0 fully saturated rings. The van der Waals surface area contributed by atoms with E-state index in [2.05, 4.69) is 51.8 Å². The molecule has 2 heterocycles. The first-order valence-electron chi connectivity index (χ1n) is 10.3. The number of carbonyl (C=O) groups excluding carboxylic acids is 1. The van der Waals surface area contributed by atoms with E-state index in [4.69, 9.17) is 0 Å². The molecule has 0 saturated heterocycles. The molecule has 4 aromatic rings. The summed E-state index contributed by atoms with van der Waals surface area (Å²) in [6.07, 6.45) is 1.95. The van der Waals surface area contributed by atoms with E-state index in [1.807, 2.05) is 56.9 Å². The number of benzene rings is 2. The maximum atomic E-state index is 12.5. The Bertz CT molecular complexity index is 1250. The van der Waals surface area contributed by atoms with Crippen LogP contribution in [0.2, 0.25) is 0 Å². The molecule has 1 amide bonds. The summed E-state index contributed by atoms with van der Waals surface area (Å²) in [5.74, 6) is 0.891. The first-order chi connectivity index (χ1) is 15.3. The van der Waals surface area contributed by atoms with Crippen molar-refractivity contribution in [3.8, 4) is 22.6 Å². The molecule has 0 atom stereocenters. The molecule has 0 radical (unpaired) electrons. The van der Waals surface area contributed by atoms with Gasteiger partial charge in [-0.2, -0.15) is 5.10 Å². The second kappa shape index (κ2) is 9.00. The van der Waals surface area contributed by atoms with Crippen molar-refractivity contribution in [2.45, 2.75) is 25.9 Å². The molecule has 0 spiro atoms. The van der Waals surface area contributed by atoms with E-state index in [-0.39, 0.29) is 11.7 Å². The number of nitrogens with zero attached hydrogens (tertiary/aromatic N) is 5. The van der Waals surface area contributed by atoms with Gasteiger partial charge in [0.2, 0.25) is 5.91 Å². The average molecular weight is 447 g/mol. The minimum absolute atomic E-state index is 0.0707. The predicted molar refractivity (Wildman–Crippen MR) is 129 cm³/mol. The van der Waals surface area contributed by atoms with Crippen LogP contribution in [0, 0.1) is 20.8 Å². The molecule has 2 aromatic carbocycles. The average Bonchev–Trinajstić information content (AvgIpc) is 3.32. The maximum Gasteiger partial charge on any atom is 0.234 e. The molecule has 0 saturated carbocycles. The highest BCUT2D eigenvalue weighted by atomic mass is 32.2. The van der Waals surface area contributed by atoms with Gasteiger partial charge >= 0.3 is 0 Å². The van der Waals surface area contributed by atoms with Crippen molar-refractivity contribution in [3.63, 3.8) is 0 Å². The SMILES string of the molecule is Cc1ccc(-c2nn(C)cc2-c2nnc(SCC(=O)Nc3c(C)cccc3C)n2C)cc1. The van der Waals surface area contributed by atoms with Crippen molar-refractivity contribution in [1.82, 2.24) is 24.5 Å². The van der Waals surface area contributed by atoms with Crippen LogP contribution >= 0.6 is 11.8 Å². The van der Waals surface area contributed by atoms with E-state index in [1.165, 1.54) is 17.3 Å². The van der Waals surface area contributed by atoms with Gasteiger partial charge in [-0.3, -0.25) is 9.48 Å². The Morgan fingerprint density at radius 2 is 1.69 bits per heavy atom. The first kappa shape index (κ1) is 21.8. The van der Waals surface area contributed by atoms with E-state index in [0.717, 1.165) is 33.6 Å². The Kier molecular flexibility index (Phi) is 6.14. The Morgan fingerprint density at radius 1 is 1.00 bits per heavy atom. The standard InChI is InChI=1S/C24H26N6OS/c1-15-9-11-18(12-10-15)22-19(13-29(4)28-22)23-26-27-24(30(23)5)32-14-20(31)25-21-16(2)7-6-8-17(21)3/h6-13H,14H2,1-5H3,(H,25,31). The fraction of sp³-hybridized carbons (Fsp3) is 0.250. The van der Waals surface area contributed by atoms with E-state index >= 15 is 0 Å². The van der Waals surface area contributed by atoms with Gasteiger partial charge in [0.05, 0.1) is 11.3 Å². The third-order valence-corrected chi connectivity index (χ3v) is 6.33. The number of hydrogen-bond acceptors (Lipinski definition) is 5. The lowest BCUT2D eigenvalue weighted by Gasteiger charge is -2.11.